The zero-order valence-corrected chi connectivity index (χ0v) is 12.4. The first-order valence-corrected chi connectivity index (χ1v) is 6.85. The van der Waals surface area contributed by atoms with Crippen LogP contribution >= 0.6 is 23.2 Å². The van der Waals surface area contributed by atoms with Gasteiger partial charge in [-0.25, -0.2) is 0 Å². The molecule has 8 heteroatoms. The van der Waals surface area contributed by atoms with Gasteiger partial charge in [0.25, 0.3) is 11.6 Å². The van der Waals surface area contributed by atoms with Crippen LogP contribution in [0.1, 0.15) is 10.4 Å². The molecule has 0 spiro atoms. The van der Waals surface area contributed by atoms with Crippen LogP contribution in [0.2, 0.25) is 10.0 Å². The lowest BCUT2D eigenvalue weighted by atomic mass is 10.2. The van der Waals surface area contributed by atoms with E-state index in [0.29, 0.717) is 10.9 Å². The molecule has 110 valence electrons. The summed E-state index contributed by atoms with van der Waals surface area (Å²) in [4.78, 5) is 22.8. The van der Waals surface area contributed by atoms with Crippen LogP contribution in [0.4, 0.5) is 5.69 Å². The van der Waals surface area contributed by atoms with Crippen LogP contribution in [0.15, 0.2) is 42.6 Å². The number of hydrogen-bond acceptors (Lipinski definition) is 4. The fourth-order valence-corrected chi connectivity index (χ4v) is 2.46. The summed E-state index contributed by atoms with van der Waals surface area (Å²) < 4.78 is 1.14. The average Bonchev–Trinajstić information content (AvgIpc) is 2.92. The molecule has 6 nitrogen and oxygen atoms in total. The summed E-state index contributed by atoms with van der Waals surface area (Å²) in [5, 5.41) is 15.6. The van der Waals surface area contributed by atoms with Gasteiger partial charge in [-0.2, -0.15) is 9.78 Å². The maximum atomic E-state index is 12.5. The molecule has 0 atom stereocenters. The van der Waals surface area contributed by atoms with Gasteiger partial charge in [-0.3, -0.25) is 14.9 Å². The molecule has 1 aromatic heterocycles. The third-order valence-electron chi connectivity index (χ3n) is 3.14. The maximum Gasteiger partial charge on any atom is 0.280 e. The van der Waals surface area contributed by atoms with Gasteiger partial charge < -0.3 is 0 Å². The Bertz CT molecular complexity index is 921. The van der Waals surface area contributed by atoms with E-state index >= 15 is 0 Å². The predicted molar refractivity (Wildman–Crippen MR) is 82.6 cm³/mol. The number of aromatic nitrogens is 2. The van der Waals surface area contributed by atoms with Crippen molar-refractivity contribution in [2.75, 3.05) is 0 Å². The highest BCUT2D eigenvalue weighted by molar-refractivity contribution is 6.43. The molecule has 22 heavy (non-hydrogen) atoms. The lowest BCUT2D eigenvalue weighted by molar-refractivity contribution is -0.384. The van der Waals surface area contributed by atoms with E-state index in [9.17, 15) is 14.9 Å². The fraction of sp³-hybridized carbons (Fsp3) is 0. The number of halogens is 2. The van der Waals surface area contributed by atoms with Crippen molar-refractivity contribution in [2.24, 2.45) is 0 Å². The van der Waals surface area contributed by atoms with E-state index in [0.717, 1.165) is 4.68 Å². The second kappa shape index (κ2) is 5.40. The van der Waals surface area contributed by atoms with Crippen molar-refractivity contribution in [1.82, 2.24) is 9.78 Å². The molecule has 0 saturated heterocycles. The minimum Gasteiger partial charge on any atom is -0.267 e. The van der Waals surface area contributed by atoms with Gasteiger partial charge in [-0.05, 0) is 18.2 Å². The Morgan fingerprint density at radius 1 is 1.23 bits per heavy atom. The van der Waals surface area contributed by atoms with Crippen LogP contribution in [0.5, 0.6) is 0 Å². The molecule has 0 fully saturated rings. The molecule has 0 radical (unpaired) electrons. The van der Waals surface area contributed by atoms with Crippen LogP contribution < -0.4 is 0 Å². The van der Waals surface area contributed by atoms with Gasteiger partial charge in [0.05, 0.1) is 32.2 Å². The lowest BCUT2D eigenvalue weighted by Gasteiger charge is -2.05. The number of nitro groups is 1. The number of hydrogen-bond donors (Lipinski definition) is 0. The average molecular weight is 336 g/mol. The zero-order valence-electron chi connectivity index (χ0n) is 10.9. The molecule has 0 aliphatic rings. The maximum absolute atomic E-state index is 12.5. The van der Waals surface area contributed by atoms with Crippen LogP contribution in [0.3, 0.4) is 0 Å². The highest BCUT2D eigenvalue weighted by Gasteiger charge is 2.18. The number of nitro benzene ring substituents is 1. The van der Waals surface area contributed by atoms with Crippen molar-refractivity contribution in [3.05, 3.63) is 68.3 Å². The second-order valence-electron chi connectivity index (χ2n) is 4.46. The molecule has 3 aromatic rings. The number of carbonyl (C=O) groups excluding carboxylic acids is 1. The Hall–Kier alpha value is -2.44. The Morgan fingerprint density at radius 3 is 2.73 bits per heavy atom. The Labute approximate surface area is 134 Å². The van der Waals surface area contributed by atoms with Gasteiger partial charge in [0.2, 0.25) is 0 Å². The normalized spacial score (nSPS) is 10.8. The smallest absolute Gasteiger partial charge is 0.267 e. The van der Waals surface area contributed by atoms with Gasteiger partial charge in [0, 0.05) is 17.5 Å². The monoisotopic (exact) mass is 335 g/mol. The first-order chi connectivity index (χ1) is 10.5. The van der Waals surface area contributed by atoms with E-state index in [2.05, 4.69) is 5.10 Å². The van der Waals surface area contributed by atoms with Crippen LogP contribution in [0, 0.1) is 10.1 Å². The molecule has 0 aliphatic carbocycles. The van der Waals surface area contributed by atoms with E-state index in [1.54, 1.807) is 12.1 Å². The third kappa shape index (κ3) is 2.32. The molecule has 0 unspecified atom stereocenters. The molecule has 0 aliphatic heterocycles. The number of non-ortho nitro benzene ring substituents is 1. The van der Waals surface area contributed by atoms with Crippen molar-refractivity contribution in [3.8, 4) is 0 Å². The number of nitrogens with zero attached hydrogens (tertiary/aromatic N) is 3. The van der Waals surface area contributed by atoms with Gasteiger partial charge >= 0.3 is 0 Å². The molecular formula is C14H7Cl2N3O3. The third-order valence-corrected chi connectivity index (χ3v) is 3.96. The predicted octanol–water partition coefficient (Wildman–Crippen LogP) is 3.94. The highest BCUT2D eigenvalue weighted by atomic mass is 35.5. The topological polar surface area (TPSA) is 78.0 Å². The number of carbonyl (C=O) groups is 1. The molecule has 0 N–H and O–H groups in total. The molecule has 0 saturated carbocycles. The summed E-state index contributed by atoms with van der Waals surface area (Å²) in [6.07, 6.45) is 1.39. The standard InChI is InChI=1S/C14H7Cl2N3O3/c15-11-3-1-2-10(13(11)16)14(20)18-12-5-4-9(19(21)22)6-8(12)7-17-18/h1-7H. The largest absolute Gasteiger partial charge is 0.280 e. The highest BCUT2D eigenvalue weighted by Crippen LogP contribution is 2.27. The van der Waals surface area contributed by atoms with E-state index in [4.69, 9.17) is 23.2 Å². The Balaban J connectivity index is 2.12. The molecule has 1 heterocycles. The van der Waals surface area contributed by atoms with Gasteiger partial charge in [0.1, 0.15) is 0 Å². The van der Waals surface area contributed by atoms with E-state index < -0.39 is 10.8 Å². The minimum atomic E-state index is -0.508. The number of benzene rings is 2. The zero-order chi connectivity index (χ0) is 15.9. The van der Waals surface area contributed by atoms with Crippen LogP contribution in [-0.2, 0) is 0 Å². The lowest BCUT2D eigenvalue weighted by Crippen LogP contribution is -2.14. The molecule has 0 amide bonds. The van der Waals surface area contributed by atoms with E-state index in [1.807, 2.05) is 0 Å². The molecular weight excluding hydrogens is 329 g/mol. The minimum absolute atomic E-state index is 0.0692. The first-order valence-electron chi connectivity index (χ1n) is 6.10. The fourth-order valence-electron chi connectivity index (χ4n) is 2.08. The second-order valence-corrected chi connectivity index (χ2v) is 5.25. The number of fused-ring (bicyclic) bond motifs is 1. The van der Waals surface area contributed by atoms with Gasteiger partial charge in [0.15, 0.2) is 0 Å². The summed E-state index contributed by atoms with van der Waals surface area (Å²) >= 11 is 11.9. The van der Waals surface area contributed by atoms with Crippen LogP contribution in [0.25, 0.3) is 10.9 Å². The van der Waals surface area contributed by atoms with Gasteiger partial charge in [-0.15, -0.1) is 0 Å². The Kier molecular flexibility index (Phi) is 3.56. The summed E-state index contributed by atoms with van der Waals surface area (Å²) in [6, 6.07) is 8.86. The number of rotatable bonds is 2. The molecule has 3 rings (SSSR count). The summed E-state index contributed by atoms with van der Waals surface area (Å²) in [5.41, 5.74) is 0.587. The summed E-state index contributed by atoms with van der Waals surface area (Å²) in [7, 11) is 0. The van der Waals surface area contributed by atoms with Crippen molar-refractivity contribution in [2.45, 2.75) is 0 Å². The van der Waals surface area contributed by atoms with Gasteiger partial charge in [-0.1, -0.05) is 29.3 Å². The van der Waals surface area contributed by atoms with Crippen LogP contribution in [-0.4, -0.2) is 20.6 Å². The molecule has 0 bridgehead atoms. The SMILES string of the molecule is O=C(c1cccc(Cl)c1Cl)n1ncc2cc([N+](=O)[O-])ccc21. The van der Waals surface area contributed by atoms with Crippen molar-refractivity contribution in [3.63, 3.8) is 0 Å². The summed E-state index contributed by atoms with van der Waals surface area (Å²) in [6.45, 7) is 0. The quantitative estimate of drug-likeness (QED) is 0.524. The Morgan fingerprint density at radius 2 is 2.00 bits per heavy atom. The first kappa shape index (κ1) is 14.5. The van der Waals surface area contributed by atoms with Crippen molar-refractivity contribution >= 4 is 45.7 Å². The van der Waals surface area contributed by atoms with E-state index in [1.165, 1.54) is 30.5 Å². The summed E-state index contributed by atoms with van der Waals surface area (Å²) in [5.74, 6) is -0.462. The van der Waals surface area contributed by atoms with Crippen molar-refractivity contribution in [1.29, 1.82) is 0 Å². The van der Waals surface area contributed by atoms with Crippen molar-refractivity contribution < 1.29 is 9.72 Å². The van der Waals surface area contributed by atoms with E-state index in [-0.39, 0.29) is 21.3 Å². The molecule has 2 aromatic carbocycles.